The minimum absolute atomic E-state index is 0.0706. The van der Waals surface area contributed by atoms with E-state index in [9.17, 15) is 5.11 Å². The number of thioether (sulfide) groups is 1. The zero-order valence-electron chi connectivity index (χ0n) is 16.2. The Morgan fingerprint density at radius 3 is 2.55 bits per heavy atom. The van der Waals surface area contributed by atoms with Crippen LogP contribution in [-0.2, 0) is 0 Å². The lowest BCUT2D eigenvalue weighted by molar-refractivity contribution is 0.223. The van der Waals surface area contributed by atoms with Gasteiger partial charge >= 0.3 is 0 Å². The van der Waals surface area contributed by atoms with Crippen molar-refractivity contribution in [1.29, 1.82) is 0 Å². The van der Waals surface area contributed by atoms with Gasteiger partial charge in [-0.05, 0) is 24.0 Å². The number of aromatic nitrogens is 3. The molecule has 8 nitrogen and oxygen atoms in total. The number of hydrogen-bond donors (Lipinski definition) is 2. The number of hydrogen-bond acceptors (Lipinski definition) is 9. The normalized spacial score (nSPS) is 14.7. The molecule has 0 spiro atoms. The van der Waals surface area contributed by atoms with Crippen molar-refractivity contribution in [2.75, 3.05) is 25.3 Å². The Morgan fingerprint density at radius 2 is 1.86 bits per heavy atom. The molecular formula is C20H20N4O4S. The molecular weight excluding hydrogens is 392 g/mol. The minimum Gasteiger partial charge on any atom is -0.502 e. The highest BCUT2D eigenvalue weighted by Crippen LogP contribution is 2.43. The maximum atomic E-state index is 10.2. The molecule has 0 radical (unpaired) electrons. The van der Waals surface area contributed by atoms with Crippen LogP contribution < -0.4 is 19.5 Å². The summed E-state index contributed by atoms with van der Waals surface area (Å²) in [6.07, 6.45) is -0.614. The van der Waals surface area contributed by atoms with E-state index in [0.29, 0.717) is 22.3 Å². The van der Waals surface area contributed by atoms with Crippen LogP contribution >= 0.6 is 11.8 Å². The third-order valence-corrected chi connectivity index (χ3v) is 5.13. The monoisotopic (exact) mass is 412 g/mol. The third-order valence-electron chi connectivity index (χ3n) is 4.41. The molecule has 0 saturated carbocycles. The summed E-state index contributed by atoms with van der Waals surface area (Å²) in [7, 11) is 2.96. The van der Waals surface area contributed by atoms with Gasteiger partial charge in [-0.1, -0.05) is 36.9 Å². The Hall–Kier alpha value is -3.20. The molecule has 0 saturated heterocycles. The maximum Gasteiger partial charge on any atom is 0.247 e. The second-order valence-electron chi connectivity index (χ2n) is 6.14. The standard InChI is InChI=1S/C20H20N4O4S/c1-4-29-20-22-19-16(23-24-20)12-7-5-6-8-13(12)21-18(28-19)11-9-14(26-2)17(25)15(10-11)27-3/h5-10,18,21,25H,4H2,1-3H3. The van der Waals surface area contributed by atoms with Gasteiger partial charge in [-0.15, -0.1) is 10.2 Å². The van der Waals surface area contributed by atoms with E-state index in [-0.39, 0.29) is 17.2 Å². The summed E-state index contributed by atoms with van der Waals surface area (Å²) < 4.78 is 16.8. The quantitative estimate of drug-likeness (QED) is 0.605. The smallest absolute Gasteiger partial charge is 0.247 e. The van der Waals surface area contributed by atoms with E-state index in [1.54, 1.807) is 12.1 Å². The maximum absolute atomic E-state index is 10.2. The van der Waals surface area contributed by atoms with Crippen LogP contribution in [-0.4, -0.2) is 40.3 Å². The average Bonchev–Trinajstić information content (AvgIpc) is 2.90. The van der Waals surface area contributed by atoms with Crippen molar-refractivity contribution >= 4 is 17.4 Å². The molecule has 1 aromatic heterocycles. The van der Waals surface area contributed by atoms with Crippen LogP contribution in [0.25, 0.3) is 11.3 Å². The van der Waals surface area contributed by atoms with Crippen molar-refractivity contribution in [3.8, 4) is 34.4 Å². The molecule has 2 heterocycles. The molecule has 29 heavy (non-hydrogen) atoms. The van der Waals surface area contributed by atoms with Gasteiger partial charge in [-0.2, -0.15) is 4.98 Å². The van der Waals surface area contributed by atoms with Crippen molar-refractivity contribution in [2.24, 2.45) is 0 Å². The number of anilines is 1. The van der Waals surface area contributed by atoms with Gasteiger partial charge in [0.05, 0.1) is 14.2 Å². The fourth-order valence-corrected chi connectivity index (χ4v) is 3.56. The van der Waals surface area contributed by atoms with E-state index >= 15 is 0 Å². The molecule has 1 aliphatic rings. The molecule has 4 rings (SSSR count). The first-order chi connectivity index (χ1) is 14.1. The number of methoxy groups -OCH3 is 2. The number of nitrogens with one attached hydrogen (secondary N) is 1. The molecule has 150 valence electrons. The molecule has 0 aliphatic carbocycles. The van der Waals surface area contributed by atoms with E-state index in [2.05, 4.69) is 20.5 Å². The molecule has 0 fully saturated rings. The molecule has 1 unspecified atom stereocenters. The van der Waals surface area contributed by atoms with E-state index in [1.807, 2.05) is 31.2 Å². The Kier molecular flexibility index (Phi) is 5.30. The topological polar surface area (TPSA) is 98.6 Å². The summed E-state index contributed by atoms with van der Waals surface area (Å²) in [6, 6.07) is 11.1. The van der Waals surface area contributed by atoms with Gasteiger partial charge in [0.15, 0.2) is 23.4 Å². The predicted molar refractivity (Wildman–Crippen MR) is 110 cm³/mol. The molecule has 2 aromatic carbocycles. The molecule has 0 amide bonds. The number of nitrogens with zero attached hydrogens (tertiary/aromatic N) is 3. The lowest BCUT2D eigenvalue weighted by atomic mass is 10.1. The summed E-state index contributed by atoms with van der Waals surface area (Å²) in [5.74, 6) is 1.70. The van der Waals surface area contributed by atoms with Crippen LogP contribution in [0.15, 0.2) is 41.6 Å². The number of phenols is 1. The van der Waals surface area contributed by atoms with Crippen molar-refractivity contribution in [3.05, 3.63) is 42.0 Å². The second-order valence-corrected chi connectivity index (χ2v) is 7.37. The number of phenolic OH excluding ortho intramolecular Hbond substituents is 1. The molecule has 0 bridgehead atoms. The number of para-hydroxylation sites is 1. The van der Waals surface area contributed by atoms with Crippen molar-refractivity contribution < 1.29 is 19.3 Å². The number of aromatic hydroxyl groups is 1. The van der Waals surface area contributed by atoms with E-state index in [0.717, 1.165) is 17.0 Å². The summed E-state index contributed by atoms with van der Waals surface area (Å²) in [6.45, 7) is 2.02. The number of ether oxygens (including phenoxy) is 3. The van der Waals surface area contributed by atoms with Crippen LogP contribution in [0.5, 0.6) is 23.1 Å². The first-order valence-corrected chi connectivity index (χ1v) is 9.98. The average molecular weight is 412 g/mol. The van der Waals surface area contributed by atoms with Gasteiger partial charge in [-0.25, -0.2) is 0 Å². The number of benzene rings is 2. The Balaban J connectivity index is 1.84. The van der Waals surface area contributed by atoms with Crippen LogP contribution in [0.4, 0.5) is 5.69 Å². The van der Waals surface area contributed by atoms with Gasteiger partial charge in [0, 0.05) is 16.8 Å². The van der Waals surface area contributed by atoms with Gasteiger partial charge in [0.2, 0.25) is 16.8 Å². The van der Waals surface area contributed by atoms with Crippen LogP contribution in [0, 0.1) is 0 Å². The SMILES string of the molecule is CCSc1nnc2c(n1)OC(c1cc(OC)c(O)c(OC)c1)Nc1ccccc1-2. The van der Waals surface area contributed by atoms with Gasteiger partial charge < -0.3 is 24.6 Å². The molecule has 3 aromatic rings. The highest BCUT2D eigenvalue weighted by atomic mass is 32.2. The van der Waals surface area contributed by atoms with Gasteiger partial charge in [0.25, 0.3) is 0 Å². The van der Waals surface area contributed by atoms with E-state index in [4.69, 9.17) is 14.2 Å². The predicted octanol–water partition coefficient (Wildman–Crippen LogP) is 3.88. The summed E-state index contributed by atoms with van der Waals surface area (Å²) in [5.41, 5.74) is 2.93. The first kappa shape index (κ1) is 19.1. The largest absolute Gasteiger partial charge is 0.502 e. The Morgan fingerprint density at radius 1 is 1.14 bits per heavy atom. The summed E-state index contributed by atoms with van der Waals surface area (Å²) >= 11 is 1.49. The van der Waals surface area contributed by atoms with Crippen LogP contribution in [0.3, 0.4) is 0 Å². The number of rotatable bonds is 5. The van der Waals surface area contributed by atoms with Gasteiger partial charge in [0.1, 0.15) is 0 Å². The van der Waals surface area contributed by atoms with Crippen molar-refractivity contribution in [1.82, 2.24) is 15.2 Å². The molecule has 9 heteroatoms. The van der Waals surface area contributed by atoms with Crippen molar-refractivity contribution in [2.45, 2.75) is 18.3 Å². The minimum atomic E-state index is -0.614. The first-order valence-electron chi connectivity index (χ1n) is 8.99. The molecule has 1 aliphatic heterocycles. The zero-order valence-corrected chi connectivity index (χ0v) is 17.0. The van der Waals surface area contributed by atoms with Crippen LogP contribution in [0.1, 0.15) is 18.7 Å². The fraction of sp³-hybridized carbons (Fsp3) is 0.250. The van der Waals surface area contributed by atoms with Crippen LogP contribution in [0.2, 0.25) is 0 Å². The highest BCUT2D eigenvalue weighted by Gasteiger charge is 2.27. The third kappa shape index (κ3) is 3.61. The van der Waals surface area contributed by atoms with E-state index in [1.165, 1.54) is 26.0 Å². The van der Waals surface area contributed by atoms with Gasteiger partial charge in [-0.3, -0.25) is 0 Å². The lowest BCUT2D eigenvalue weighted by Gasteiger charge is -2.21. The lowest BCUT2D eigenvalue weighted by Crippen LogP contribution is -2.17. The van der Waals surface area contributed by atoms with E-state index < -0.39 is 6.23 Å². The zero-order chi connectivity index (χ0) is 20.4. The number of fused-ring (bicyclic) bond motifs is 3. The fourth-order valence-electron chi connectivity index (χ4n) is 3.05. The second kappa shape index (κ2) is 8.04. The molecule has 1 atom stereocenters. The Bertz CT molecular complexity index is 1020. The summed E-state index contributed by atoms with van der Waals surface area (Å²) in [4.78, 5) is 4.56. The summed E-state index contributed by atoms with van der Waals surface area (Å²) in [5, 5.41) is 22.7. The molecule has 2 N–H and O–H groups in total. The highest BCUT2D eigenvalue weighted by molar-refractivity contribution is 7.99. The van der Waals surface area contributed by atoms with Crippen molar-refractivity contribution in [3.63, 3.8) is 0 Å². The Labute approximate surface area is 172 Å².